The highest BCUT2D eigenvalue weighted by Gasteiger charge is 2.06. The number of rotatable bonds is 1. The first-order chi connectivity index (χ1) is 5.79. The second kappa shape index (κ2) is 2.84. The van der Waals surface area contributed by atoms with Gasteiger partial charge in [0.15, 0.2) is 0 Å². The van der Waals surface area contributed by atoms with E-state index in [-0.39, 0.29) is 0 Å². The van der Waals surface area contributed by atoms with Crippen LogP contribution in [-0.4, -0.2) is 9.48 Å². The lowest BCUT2D eigenvalue weighted by Crippen LogP contribution is -1.90. The molecule has 1 N–H and O–H groups in total. The Balaban J connectivity index is 2.73. The van der Waals surface area contributed by atoms with Crippen molar-refractivity contribution in [3.8, 4) is 0 Å². The average molecular weight is 179 g/mol. The largest absolute Gasteiger partial charge is 0.389 e. The lowest BCUT2D eigenvalue weighted by Gasteiger charge is -2.04. The Hall–Kier alpha value is -0.930. The minimum Gasteiger partial charge on any atom is -0.389 e. The maximum Gasteiger partial charge on any atom is 0.0768 e. The van der Waals surface area contributed by atoms with Crippen molar-refractivity contribution in [2.45, 2.75) is 13.0 Å². The molecule has 2 nitrogen and oxygen atoms in total. The van der Waals surface area contributed by atoms with Crippen molar-refractivity contribution in [2.24, 2.45) is 0 Å². The number of nitrogens with zero attached hydrogens (tertiary/aromatic N) is 1. The molecule has 1 aromatic heterocycles. The van der Waals surface area contributed by atoms with Gasteiger partial charge < -0.3 is 5.11 Å². The van der Waals surface area contributed by atoms with Crippen LogP contribution in [0.3, 0.4) is 0 Å². The summed E-state index contributed by atoms with van der Waals surface area (Å²) in [6, 6.07) is 5.89. The molecule has 0 spiro atoms. The van der Waals surface area contributed by atoms with Gasteiger partial charge in [-0.2, -0.15) is 4.37 Å². The standard InChI is InChI=1S/C9H9NOS/c1-6(11)7-3-2-4-9-8(7)5-10-12-9/h2-6,11H,1H3. The van der Waals surface area contributed by atoms with E-state index in [2.05, 4.69) is 4.37 Å². The molecule has 2 rings (SSSR count). The van der Waals surface area contributed by atoms with Crippen LogP contribution in [0.4, 0.5) is 0 Å². The summed E-state index contributed by atoms with van der Waals surface area (Å²) in [5.74, 6) is 0. The van der Waals surface area contributed by atoms with Crippen molar-refractivity contribution in [1.82, 2.24) is 4.37 Å². The molecule has 0 fully saturated rings. The fourth-order valence-electron chi connectivity index (χ4n) is 1.28. The van der Waals surface area contributed by atoms with Gasteiger partial charge in [0.25, 0.3) is 0 Å². The van der Waals surface area contributed by atoms with Gasteiger partial charge in [-0.3, -0.25) is 0 Å². The summed E-state index contributed by atoms with van der Waals surface area (Å²) in [5.41, 5.74) is 0.959. The number of fused-ring (bicyclic) bond motifs is 1. The fraction of sp³-hybridized carbons (Fsp3) is 0.222. The number of hydrogen-bond acceptors (Lipinski definition) is 3. The minimum absolute atomic E-state index is 0.412. The van der Waals surface area contributed by atoms with E-state index in [1.807, 2.05) is 24.4 Å². The van der Waals surface area contributed by atoms with E-state index in [1.54, 1.807) is 6.92 Å². The molecular weight excluding hydrogens is 170 g/mol. The van der Waals surface area contributed by atoms with Crippen LogP contribution in [0.15, 0.2) is 24.4 Å². The predicted molar refractivity (Wildman–Crippen MR) is 50.3 cm³/mol. The van der Waals surface area contributed by atoms with Crippen LogP contribution in [0, 0.1) is 0 Å². The lowest BCUT2D eigenvalue weighted by atomic mass is 10.1. The van der Waals surface area contributed by atoms with Crippen LogP contribution < -0.4 is 0 Å². The Morgan fingerprint density at radius 1 is 1.50 bits per heavy atom. The van der Waals surface area contributed by atoms with Gasteiger partial charge in [-0.1, -0.05) is 12.1 Å². The molecule has 0 radical (unpaired) electrons. The van der Waals surface area contributed by atoms with Crippen molar-refractivity contribution in [3.63, 3.8) is 0 Å². The highest BCUT2D eigenvalue weighted by molar-refractivity contribution is 7.13. The number of aromatic nitrogens is 1. The summed E-state index contributed by atoms with van der Waals surface area (Å²) >= 11 is 1.46. The third-order valence-corrected chi connectivity index (χ3v) is 2.65. The number of aliphatic hydroxyl groups is 1. The SMILES string of the molecule is CC(O)c1cccc2sncc12. The average Bonchev–Trinajstić information content (AvgIpc) is 2.49. The molecule has 1 heterocycles. The van der Waals surface area contributed by atoms with Gasteiger partial charge in [-0.25, -0.2) is 0 Å². The van der Waals surface area contributed by atoms with Crippen LogP contribution in [0.1, 0.15) is 18.6 Å². The first-order valence-electron chi connectivity index (χ1n) is 3.80. The van der Waals surface area contributed by atoms with Crippen molar-refractivity contribution in [3.05, 3.63) is 30.0 Å². The maximum atomic E-state index is 9.42. The summed E-state index contributed by atoms with van der Waals surface area (Å²) < 4.78 is 5.21. The highest BCUT2D eigenvalue weighted by Crippen LogP contribution is 2.25. The summed E-state index contributed by atoms with van der Waals surface area (Å²) in [6.45, 7) is 1.77. The molecule has 0 bridgehead atoms. The Morgan fingerprint density at radius 3 is 3.08 bits per heavy atom. The van der Waals surface area contributed by atoms with Crippen LogP contribution in [0.25, 0.3) is 10.1 Å². The smallest absolute Gasteiger partial charge is 0.0768 e. The second-order valence-corrected chi connectivity index (χ2v) is 3.59. The topological polar surface area (TPSA) is 33.1 Å². The van der Waals surface area contributed by atoms with Gasteiger partial charge in [0.05, 0.1) is 10.8 Å². The van der Waals surface area contributed by atoms with Crippen LogP contribution in [0.2, 0.25) is 0 Å². The number of aliphatic hydroxyl groups excluding tert-OH is 1. The maximum absolute atomic E-state index is 9.42. The Bertz CT molecular complexity index is 394. The van der Waals surface area contributed by atoms with Gasteiger partial charge in [0.2, 0.25) is 0 Å². The van der Waals surface area contributed by atoms with Crippen molar-refractivity contribution < 1.29 is 5.11 Å². The van der Waals surface area contributed by atoms with Gasteiger partial charge in [0.1, 0.15) is 0 Å². The van der Waals surface area contributed by atoms with E-state index < -0.39 is 6.10 Å². The van der Waals surface area contributed by atoms with Crippen molar-refractivity contribution >= 4 is 21.6 Å². The molecule has 62 valence electrons. The normalized spacial score (nSPS) is 13.5. The summed E-state index contributed by atoms with van der Waals surface area (Å²) in [6.07, 6.45) is 1.40. The zero-order valence-electron chi connectivity index (χ0n) is 6.69. The molecule has 0 aliphatic carbocycles. The van der Waals surface area contributed by atoms with Crippen LogP contribution >= 0.6 is 11.5 Å². The zero-order chi connectivity index (χ0) is 8.55. The van der Waals surface area contributed by atoms with E-state index >= 15 is 0 Å². The molecule has 12 heavy (non-hydrogen) atoms. The quantitative estimate of drug-likeness (QED) is 0.729. The minimum atomic E-state index is -0.412. The van der Waals surface area contributed by atoms with E-state index in [0.29, 0.717) is 0 Å². The first kappa shape index (κ1) is 7.71. The van der Waals surface area contributed by atoms with E-state index in [0.717, 1.165) is 15.6 Å². The second-order valence-electron chi connectivity index (χ2n) is 2.76. The molecule has 0 saturated carbocycles. The molecular formula is C9H9NOS. The van der Waals surface area contributed by atoms with Gasteiger partial charge in [0, 0.05) is 11.6 Å². The van der Waals surface area contributed by atoms with Crippen LogP contribution in [0.5, 0.6) is 0 Å². The van der Waals surface area contributed by atoms with Gasteiger partial charge in [-0.15, -0.1) is 0 Å². The van der Waals surface area contributed by atoms with Gasteiger partial charge in [-0.05, 0) is 30.1 Å². The van der Waals surface area contributed by atoms with Crippen LogP contribution in [-0.2, 0) is 0 Å². The Labute approximate surface area is 74.6 Å². The molecule has 0 amide bonds. The molecule has 1 atom stereocenters. The fourth-order valence-corrected chi connectivity index (χ4v) is 1.96. The van der Waals surface area contributed by atoms with E-state index in [9.17, 15) is 5.11 Å². The number of hydrogen-bond donors (Lipinski definition) is 1. The molecule has 0 aliphatic rings. The summed E-state index contributed by atoms with van der Waals surface area (Å²) in [5, 5.41) is 10.5. The molecule has 0 aliphatic heterocycles. The summed E-state index contributed by atoms with van der Waals surface area (Å²) in [4.78, 5) is 0. The van der Waals surface area contributed by atoms with Gasteiger partial charge >= 0.3 is 0 Å². The lowest BCUT2D eigenvalue weighted by molar-refractivity contribution is 0.201. The predicted octanol–water partition coefficient (Wildman–Crippen LogP) is 2.35. The van der Waals surface area contributed by atoms with Crippen molar-refractivity contribution in [2.75, 3.05) is 0 Å². The first-order valence-corrected chi connectivity index (χ1v) is 4.58. The highest BCUT2D eigenvalue weighted by atomic mass is 32.1. The number of benzene rings is 1. The third kappa shape index (κ3) is 1.11. The molecule has 0 saturated heterocycles. The Morgan fingerprint density at radius 2 is 2.33 bits per heavy atom. The van der Waals surface area contributed by atoms with E-state index in [4.69, 9.17) is 0 Å². The molecule has 2 aromatic rings. The molecule has 1 aromatic carbocycles. The molecule has 1 unspecified atom stereocenters. The zero-order valence-corrected chi connectivity index (χ0v) is 7.51. The molecule has 3 heteroatoms. The van der Waals surface area contributed by atoms with E-state index in [1.165, 1.54) is 11.5 Å². The summed E-state index contributed by atoms with van der Waals surface area (Å²) in [7, 11) is 0. The third-order valence-electron chi connectivity index (χ3n) is 1.88. The Kier molecular flexibility index (Phi) is 1.83. The monoisotopic (exact) mass is 179 g/mol. The van der Waals surface area contributed by atoms with Crippen molar-refractivity contribution in [1.29, 1.82) is 0 Å².